The highest BCUT2D eigenvalue weighted by molar-refractivity contribution is 8.23. The minimum Gasteiger partial charge on any atom is -0.394 e. The van der Waals surface area contributed by atoms with Gasteiger partial charge in [0, 0.05) is 24.6 Å². The SMILES string of the molecule is NCCCNCCCCNCCCNC(=S)SCC1OC2OC3C(CO)OC(OC4C(CO)OC(OC5C(CSC(=S)NCCCNCCCCNCCCN)OC(OC6C(CO)OC(OC7C(CO)OC(OC8C(CO)OC(OC1C(O)C2O)C(O)C8O)C(O)C7O)C(O)C6O)C(O)C5O)C(O)C4O)C(O)C3O. The van der Waals surface area contributed by atoms with E-state index in [9.17, 15) is 97.0 Å². The fourth-order valence-corrected chi connectivity index (χ4v) is 15.8. The van der Waals surface area contributed by atoms with E-state index in [1.54, 1.807) is 0 Å². The van der Waals surface area contributed by atoms with Gasteiger partial charge >= 0.3 is 0 Å². The second kappa shape index (κ2) is 47.5. The van der Waals surface area contributed by atoms with Gasteiger partial charge in [-0.25, -0.2) is 0 Å². The van der Waals surface area contributed by atoms with Crippen molar-refractivity contribution in [2.24, 2.45) is 11.5 Å². The first-order valence-corrected chi connectivity index (χ1v) is 40.0. The average molecular weight is 1660 g/mol. The summed E-state index contributed by atoms with van der Waals surface area (Å²) in [4.78, 5) is 0. The minimum absolute atomic E-state index is 0.219. The van der Waals surface area contributed by atoms with Gasteiger partial charge in [0.05, 0.1) is 45.2 Å². The number of rotatable bonds is 33. The highest BCUT2D eigenvalue weighted by atomic mass is 32.2. The molecule has 0 saturated carbocycles. The standard InChI is InChI=1S/C64H118N8O33S4/c65-9-5-15-67-11-1-3-13-69-17-7-19-71-63(106)108-26-33-54-41(84)48(91)62(98-33)103-53-32(25-77)94-58(44(87)37(53)80)101-51-30(23-75)96-60(46(89)39(51)82)105-55-34(27-109-64(107)72-20-8-18-70-14-4-2-12-68-16-6-10-66)97-61(47(90)40(55)83)102-52-31(24-76)93-57(43(86)36(52)79)99-49-28(21-73)92-56(42(85)35(49)78)100-50-29(22-74)95-59(104-54)45(88)38(50)81/h28-62,67-70,73-91H,1-27,65-66H2,(H,71,106)(H,72,107). The largest absolute Gasteiger partial charge is 0.394 e. The van der Waals surface area contributed by atoms with Gasteiger partial charge in [0.2, 0.25) is 0 Å². The maximum atomic E-state index is 12.0. The zero-order valence-corrected chi connectivity index (χ0v) is 63.6. The van der Waals surface area contributed by atoms with Crippen LogP contribution in [0, 0.1) is 0 Å². The Bertz CT molecular complexity index is 2540. The van der Waals surface area contributed by atoms with E-state index in [4.69, 9.17) is 102 Å². The Labute approximate surface area is 649 Å². The van der Waals surface area contributed by atoms with E-state index in [2.05, 4.69) is 31.9 Å². The van der Waals surface area contributed by atoms with Gasteiger partial charge in [0.15, 0.2) is 44.0 Å². The summed E-state index contributed by atoms with van der Waals surface area (Å²) in [6, 6.07) is 0. The molecule has 636 valence electrons. The molecule has 0 aliphatic carbocycles. The third kappa shape index (κ3) is 25.5. The second-order valence-electron chi connectivity index (χ2n) is 27.7. The van der Waals surface area contributed by atoms with Crippen molar-refractivity contribution in [3.05, 3.63) is 0 Å². The third-order valence-corrected chi connectivity index (χ3v) is 22.6. The lowest BCUT2D eigenvalue weighted by molar-refractivity contribution is -0.395. The minimum atomic E-state index is -2.22. The van der Waals surface area contributed by atoms with Gasteiger partial charge in [-0.05, 0) is 117 Å². The molecule has 21 saturated heterocycles. The number of thiocarbonyl (C=S) groups is 2. The molecule has 41 nitrogen and oxygen atoms in total. The maximum Gasteiger partial charge on any atom is 0.187 e. The average Bonchev–Trinajstić information content (AvgIpc) is 0.801. The summed E-state index contributed by atoms with van der Waals surface area (Å²) in [5.74, 6) is -0.505. The molecule has 21 aliphatic heterocycles. The van der Waals surface area contributed by atoms with E-state index < -0.39 is 248 Å². The lowest BCUT2D eigenvalue weighted by Gasteiger charge is -2.50. The fraction of sp³-hybridized carbons (Fsp3) is 0.969. The number of nitrogens with one attached hydrogen (secondary N) is 6. The summed E-state index contributed by atoms with van der Waals surface area (Å²) >= 11 is 13.2. The first-order chi connectivity index (χ1) is 52.4. The van der Waals surface area contributed by atoms with Gasteiger partial charge in [0.1, 0.15) is 167 Å². The molecule has 21 aliphatic rings. The molecule has 35 atom stereocenters. The van der Waals surface area contributed by atoms with E-state index >= 15 is 0 Å². The summed E-state index contributed by atoms with van der Waals surface area (Å²) in [7, 11) is 0. The molecule has 45 heteroatoms. The number of hydrogen-bond acceptors (Lipinski definition) is 43. The van der Waals surface area contributed by atoms with Crippen molar-refractivity contribution in [2.75, 3.05) is 123 Å². The molecular weight excluding hydrogens is 1540 g/mol. The van der Waals surface area contributed by atoms with Crippen LogP contribution in [0.2, 0.25) is 0 Å². The lowest BCUT2D eigenvalue weighted by Crippen LogP contribution is -2.68. The Morgan fingerprint density at radius 1 is 0.248 bits per heavy atom. The topological polar surface area (TPSA) is 638 Å². The Balaban J connectivity index is 1.03. The first kappa shape index (κ1) is 93.4. The van der Waals surface area contributed by atoms with Crippen molar-refractivity contribution in [1.82, 2.24) is 31.9 Å². The zero-order valence-electron chi connectivity index (χ0n) is 60.3. The Morgan fingerprint density at radius 3 is 0.633 bits per heavy atom. The van der Waals surface area contributed by atoms with Crippen LogP contribution in [0.1, 0.15) is 51.4 Å². The van der Waals surface area contributed by atoms with Crippen LogP contribution in [0.3, 0.4) is 0 Å². The summed E-state index contributed by atoms with van der Waals surface area (Å²) in [5, 5.41) is 238. The molecule has 21 rings (SSSR count). The predicted octanol–water partition coefficient (Wildman–Crippen LogP) is -12.6. The number of hydrogen-bond donors (Lipinski definition) is 27. The fourth-order valence-electron chi connectivity index (χ4n) is 13.6. The Kier molecular flexibility index (Phi) is 40.7. The number of ether oxygens (including phenoxy) is 14. The molecule has 29 N–H and O–H groups in total. The highest BCUT2D eigenvalue weighted by Crippen LogP contribution is 2.40. The van der Waals surface area contributed by atoms with E-state index in [1.807, 2.05) is 0 Å². The van der Waals surface area contributed by atoms with E-state index in [1.165, 1.54) is 0 Å². The molecule has 14 bridgehead atoms. The van der Waals surface area contributed by atoms with Crippen LogP contribution >= 0.6 is 48.0 Å². The van der Waals surface area contributed by atoms with Gasteiger partial charge in [-0.15, -0.1) is 0 Å². The van der Waals surface area contributed by atoms with Gasteiger partial charge in [-0.1, -0.05) is 48.0 Å². The summed E-state index contributed by atoms with van der Waals surface area (Å²) in [5.41, 5.74) is 11.1. The molecule has 109 heavy (non-hydrogen) atoms. The second-order valence-corrected chi connectivity index (χ2v) is 31.1. The van der Waals surface area contributed by atoms with Crippen molar-refractivity contribution >= 4 is 56.6 Å². The number of aliphatic hydroxyl groups is 19. The number of nitrogens with two attached hydrogens (primary N) is 2. The van der Waals surface area contributed by atoms with Crippen LogP contribution in [0.25, 0.3) is 0 Å². The van der Waals surface area contributed by atoms with Gasteiger partial charge in [-0.3, -0.25) is 0 Å². The van der Waals surface area contributed by atoms with Crippen LogP contribution in [0.4, 0.5) is 0 Å². The smallest absolute Gasteiger partial charge is 0.187 e. The molecular formula is C64H118N8O33S4. The van der Waals surface area contributed by atoms with Crippen LogP contribution in [0.15, 0.2) is 0 Å². The highest BCUT2D eigenvalue weighted by Gasteiger charge is 2.60. The van der Waals surface area contributed by atoms with Gasteiger partial charge in [-0.2, -0.15) is 0 Å². The van der Waals surface area contributed by atoms with Crippen molar-refractivity contribution in [2.45, 2.75) is 266 Å². The summed E-state index contributed by atoms with van der Waals surface area (Å²) in [6.07, 6.45) is -62.4. The molecule has 35 unspecified atom stereocenters. The molecule has 0 aromatic carbocycles. The van der Waals surface area contributed by atoms with Gasteiger partial charge < -0.3 is 207 Å². The summed E-state index contributed by atoms with van der Waals surface area (Å²) in [6.45, 7) is 3.13. The third-order valence-electron chi connectivity index (χ3n) is 19.8. The van der Waals surface area contributed by atoms with Crippen molar-refractivity contribution < 1.29 is 163 Å². The molecule has 21 heterocycles. The van der Waals surface area contributed by atoms with Crippen LogP contribution in [-0.4, -0.2) is 444 Å². The Hall–Kier alpha value is -1.08. The lowest BCUT2D eigenvalue weighted by atomic mass is 9.95. The number of aliphatic hydroxyl groups excluding tert-OH is 19. The predicted molar refractivity (Wildman–Crippen MR) is 387 cm³/mol. The van der Waals surface area contributed by atoms with Crippen LogP contribution < -0.4 is 43.4 Å². The van der Waals surface area contributed by atoms with E-state index in [0.29, 0.717) is 52.1 Å². The van der Waals surface area contributed by atoms with Crippen molar-refractivity contribution in [1.29, 1.82) is 0 Å². The van der Waals surface area contributed by atoms with Crippen LogP contribution in [0.5, 0.6) is 0 Å². The molecule has 21 fully saturated rings. The molecule has 0 aromatic heterocycles. The maximum absolute atomic E-state index is 12.0. The quantitative estimate of drug-likeness (QED) is 0.0214. The van der Waals surface area contributed by atoms with Crippen molar-refractivity contribution in [3.8, 4) is 0 Å². The molecule has 0 amide bonds. The van der Waals surface area contributed by atoms with Crippen LogP contribution in [-0.2, 0) is 66.3 Å². The molecule has 0 radical (unpaired) electrons. The van der Waals surface area contributed by atoms with E-state index in [0.717, 1.165) is 101 Å². The zero-order chi connectivity index (χ0) is 79.0. The monoisotopic (exact) mass is 1650 g/mol. The van der Waals surface area contributed by atoms with Crippen molar-refractivity contribution in [3.63, 3.8) is 0 Å². The normalized spacial score (nSPS) is 42.5. The molecule has 0 aromatic rings. The Morgan fingerprint density at radius 2 is 0.431 bits per heavy atom. The first-order valence-electron chi connectivity index (χ1n) is 37.2. The summed E-state index contributed by atoms with van der Waals surface area (Å²) < 4.78 is 84.5. The molecule has 0 spiro atoms. The van der Waals surface area contributed by atoms with E-state index in [-0.39, 0.29) is 20.1 Å². The van der Waals surface area contributed by atoms with Gasteiger partial charge in [0.25, 0.3) is 0 Å². The number of thioether (sulfide) groups is 2. The number of unbranched alkanes of at least 4 members (excludes halogenated alkanes) is 2.